The van der Waals surface area contributed by atoms with Crippen molar-refractivity contribution < 1.29 is 14.3 Å². The summed E-state index contributed by atoms with van der Waals surface area (Å²) >= 11 is 7.32. The first-order valence-electron chi connectivity index (χ1n) is 8.21. The van der Waals surface area contributed by atoms with Crippen LogP contribution in [0.1, 0.15) is 32.6 Å². The van der Waals surface area contributed by atoms with Crippen LogP contribution in [0.2, 0.25) is 5.02 Å². The molecule has 24 heavy (non-hydrogen) atoms. The van der Waals surface area contributed by atoms with Gasteiger partial charge in [-0.3, -0.25) is 9.59 Å². The molecular formula is C17H23ClN2O3S. The van der Waals surface area contributed by atoms with Crippen LogP contribution in [0.15, 0.2) is 23.1 Å². The molecule has 5 nitrogen and oxygen atoms in total. The van der Waals surface area contributed by atoms with Crippen molar-refractivity contribution in [2.24, 2.45) is 0 Å². The Morgan fingerprint density at radius 1 is 1.38 bits per heavy atom. The molecule has 1 heterocycles. The molecule has 0 spiro atoms. The average molecular weight is 371 g/mol. The molecular weight excluding hydrogens is 348 g/mol. The second-order valence-electron chi connectivity index (χ2n) is 5.61. The van der Waals surface area contributed by atoms with Crippen molar-refractivity contribution in [3.05, 3.63) is 23.2 Å². The summed E-state index contributed by atoms with van der Waals surface area (Å²) in [6.45, 7) is 4.10. The number of rotatable bonds is 9. The van der Waals surface area contributed by atoms with E-state index in [1.807, 2.05) is 6.07 Å². The predicted molar refractivity (Wildman–Crippen MR) is 97.7 cm³/mol. The molecule has 2 N–H and O–H groups in total. The summed E-state index contributed by atoms with van der Waals surface area (Å²) in [5, 5.41) is 5.81. The van der Waals surface area contributed by atoms with Gasteiger partial charge in [0.1, 0.15) is 0 Å². The van der Waals surface area contributed by atoms with E-state index in [1.54, 1.807) is 12.1 Å². The smallest absolute Gasteiger partial charge is 0.238 e. The third-order valence-electron chi connectivity index (χ3n) is 3.56. The van der Waals surface area contributed by atoms with Gasteiger partial charge in [-0.1, -0.05) is 24.9 Å². The second kappa shape index (κ2) is 9.91. The Morgan fingerprint density at radius 3 is 2.96 bits per heavy atom. The highest BCUT2D eigenvalue weighted by atomic mass is 35.5. The largest absolute Gasteiger partial charge is 0.381 e. The highest BCUT2D eigenvalue weighted by Gasteiger charge is 2.28. The third-order valence-corrected chi connectivity index (χ3v) is 5.07. The van der Waals surface area contributed by atoms with Crippen molar-refractivity contribution in [1.82, 2.24) is 5.32 Å². The number of carbonyl (C=O) groups excluding carboxylic acids is 2. The van der Waals surface area contributed by atoms with Crippen LogP contribution in [0.25, 0.3) is 0 Å². The van der Waals surface area contributed by atoms with Gasteiger partial charge in [-0.25, -0.2) is 0 Å². The maximum atomic E-state index is 12.1. The van der Waals surface area contributed by atoms with Crippen LogP contribution >= 0.6 is 23.4 Å². The van der Waals surface area contributed by atoms with Gasteiger partial charge in [0.15, 0.2) is 0 Å². The molecule has 1 aliphatic rings. The molecule has 0 saturated carbocycles. The van der Waals surface area contributed by atoms with Gasteiger partial charge in [0.05, 0.1) is 10.9 Å². The number of carbonyl (C=O) groups is 2. The molecule has 0 saturated heterocycles. The molecule has 2 rings (SSSR count). The van der Waals surface area contributed by atoms with E-state index in [9.17, 15) is 9.59 Å². The molecule has 1 aromatic rings. The number of hydrogen-bond donors (Lipinski definition) is 2. The minimum Gasteiger partial charge on any atom is -0.381 e. The van der Waals surface area contributed by atoms with Crippen LogP contribution in [-0.2, 0) is 14.3 Å². The van der Waals surface area contributed by atoms with Gasteiger partial charge in [0.25, 0.3) is 0 Å². The number of halogens is 1. The minimum absolute atomic E-state index is 0.117. The number of fused-ring (bicyclic) bond motifs is 1. The van der Waals surface area contributed by atoms with E-state index in [0.29, 0.717) is 23.9 Å². The Balaban J connectivity index is 1.70. The maximum Gasteiger partial charge on any atom is 0.238 e. The van der Waals surface area contributed by atoms with Crippen molar-refractivity contribution in [1.29, 1.82) is 0 Å². The molecule has 1 unspecified atom stereocenters. The molecule has 132 valence electrons. The zero-order valence-electron chi connectivity index (χ0n) is 13.8. The summed E-state index contributed by atoms with van der Waals surface area (Å²) in [4.78, 5) is 25.0. The Labute approximate surface area is 151 Å². The Bertz CT molecular complexity index is 583. The van der Waals surface area contributed by atoms with E-state index in [2.05, 4.69) is 17.6 Å². The molecule has 1 aromatic carbocycles. The lowest BCUT2D eigenvalue weighted by atomic mass is 10.2. The van der Waals surface area contributed by atoms with Crippen LogP contribution in [0.3, 0.4) is 0 Å². The predicted octanol–water partition coefficient (Wildman–Crippen LogP) is 3.47. The molecule has 0 radical (unpaired) electrons. The summed E-state index contributed by atoms with van der Waals surface area (Å²) < 4.78 is 5.44. The molecule has 2 amide bonds. The molecule has 1 aliphatic heterocycles. The number of hydrogen-bond acceptors (Lipinski definition) is 4. The van der Waals surface area contributed by atoms with Gasteiger partial charge in [0, 0.05) is 36.1 Å². The van der Waals surface area contributed by atoms with Crippen molar-refractivity contribution in [2.75, 3.05) is 25.1 Å². The summed E-state index contributed by atoms with van der Waals surface area (Å²) in [5.74, 6) is -0.276. The first-order valence-corrected chi connectivity index (χ1v) is 9.47. The standard InChI is InChI=1S/C17H23ClN2O3S/c1-2-3-8-23-9-4-7-19-16(21)11-15-17(22)20-13-10-12(18)5-6-14(13)24-15/h5-6,10,15H,2-4,7-9,11H2,1H3,(H,19,21)(H,20,22). The van der Waals surface area contributed by atoms with Crippen LogP contribution in [0, 0.1) is 0 Å². The van der Waals surface area contributed by atoms with E-state index in [1.165, 1.54) is 11.8 Å². The molecule has 0 bridgehead atoms. The molecule has 7 heteroatoms. The lowest BCUT2D eigenvalue weighted by Crippen LogP contribution is -2.35. The number of benzene rings is 1. The first kappa shape index (κ1) is 19.1. The second-order valence-corrected chi connectivity index (χ2v) is 7.29. The fourth-order valence-electron chi connectivity index (χ4n) is 2.25. The summed E-state index contributed by atoms with van der Waals surface area (Å²) in [5.41, 5.74) is 0.707. The molecule has 1 atom stereocenters. The first-order chi connectivity index (χ1) is 11.6. The monoisotopic (exact) mass is 370 g/mol. The highest BCUT2D eigenvalue weighted by molar-refractivity contribution is 8.01. The van der Waals surface area contributed by atoms with Crippen molar-refractivity contribution in [3.8, 4) is 0 Å². The van der Waals surface area contributed by atoms with Gasteiger partial charge < -0.3 is 15.4 Å². The SMILES string of the molecule is CCCCOCCCNC(=O)CC1Sc2ccc(Cl)cc2NC1=O. The average Bonchev–Trinajstić information content (AvgIpc) is 2.55. The number of thioether (sulfide) groups is 1. The molecule has 0 fully saturated rings. The van der Waals surface area contributed by atoms with Gasteiger partial charge >= 0.3 is 0 Å². The van der Waals surface area contributed by atoms with Crippen LogP contribution in [0.5, 0.6) is 0 Å². The minimum atomic E-state index is -0.417. The van der Waals surface area contributed by atoms with Crippen molar-refractivity contribution in [2.45, 2.75) is 42.8 Å². The zero-order chi connectivity index (χ0) is 17.4. The number of anilines is 1. The van der Waals surface area contributed by atoms with E-state index >= 15 is 0 Å². The van der Waals surface area contributed by atoms with Gasteiger partial charge in [-0.05, 0) is 31.0 Å². The highest BCUT2D eigenvalue weighted by Crippen LogP contribution is 2.38. The number of ether oxygens (including phenoxy) is 1. The van der Waals surface area contributed by atoms with E-state index in [0.717, 1.165) is 30.8 Å². The summed E-state index contributed by atoms with van der Waals surface area (Å²) in [7, 11) is 0. The van der Waals surface area contributed by atoms with Gasteiger partial charge in [-0.15, -0.1) is 11.8 Å². The third kappa shape index (κ3) is 6.00. The summed E-state index contributed by atoms with van der Waals surface area (Å²) in [6.07, 6.45) is 3.12. The molecule has 0 aromatic heterocycles. The lowest BCUT2D eigenvalue weighted by Gasteiger charge is -2.23. The zero-order valence-corrected chi connectivity index (χ0v) is 15.3. The lowest BCUT2D eigenvalue weighted by molar-refractivity contribution is -0.124. The van der Waals surface area contributed by atoms with E-state index in [4.69, 9.17) is 16.3 Å². The van der Waals surface area contributed by atoms with Crippen LogP contribution in [0.4, 0.5) is 5.69 Å². The maximum absolute atomic E-state index is 12.1. The number of unbranched alkanes of at least 4 members (excludes halogenated alkanes) is 1. The quantitative estimate of drug-likeness (QED) is 0.653. The Hall–Kier alpha value is -1.24. The van der Waals surface area contributed by atoms with Crippen LogP contribution < -0.4 is 10.6 Å². The number of amides is 2. The topological polar surface area (TPSA) is 67.4 Å². The van der Waals surface area contributed by atoms with Crippen molar-refractivity contribution in [3.63, 3.8) is 0 Å². The molecule has 0 aliphatic carbocycles. The van der Waals surface area contributed by atoms with E-state index in [-0.39, 0.29) is 18.2 Å². The fraction of sp³-hybridized carbons (Fsp3) is 0.529. The van der Waals surface area contributed by atoms with E-state index < -0.39 is 5.25 Å². The normalized spacial score (nSPS) is 16.4. The van der Waals surface area contributed by atoms with Crippen molar-refractivity contribution >= 4 is 40.9 Å². The number of nitrogens with one attached hydrogen (secondary N) is 2. The fourth-order valence-corrected chi connectivity index (χ4v) is 3.51. The van der Waals surface area contributed by atoms with Gasteiger partial charge in [-0.2, -0.15) is 0 Å². The Morgan fingerprint density at radius 2 is 2.17 bits per heavy atom. The Kier molecular flexibility index (Phi) is 7.88. The van der Waals surface area contributed by atoms with Gasteiger partial charge in [0.2, 0.25) is 11.8 Å². The summed E-state index contributed by atoms with van der Waals surface area (Å²) in [6, 6.07) is 5.36. The van der Waals surface area contributed by atoms with Crippen LogP contribution in [-0.4, -0.2) is 36.8 Å².